The largest absolute Gasteiger partial charge is 0.491 e. The molecule has 4 nitrogen and oxygen atoms in total. The second kappa shape index (κ2) is 4.82. The highest BCUT2D eigenvalue weighted by molar-refractivity contribution is 5.39. The minimum Gasteiger partial charge on any atom is -0.491 e. The molecule has 0 aliphatic carbocycles. The topological polar surface area (TPSA) is 39.1 Å². The Labute approximate surface area is 107 Å². The van der Waals surface area contributed by atoms with E-state index >= 15 is 0 Å². The Morgan fingerprint density at radius 2 is 2.33 bits per heavy atom. The van der Waals surface area contributed by atoms with E-state index in [1.807, 2.05) is 31.6 Å². The van der Waals surface area contributed by atoms with Crippen molar-refractivity contribution in [2.24, 2.45) is 7.05 Å². The van der Waals surface area contributed by atoms with Crippen LogP contribution in [0.3, 0.4) is 0 Å². The maximum absolute atomic E-state index is 5.64. The van der Waals surface area contributed by atoms with Gasteiger partial charge in [0.05, 0.1) is 6.04 Å². The van der Waals surface area contributed by atoms with Crippen molar-refractivity contribution in [1.29, 1.82) is 0 Å². The highest BCUT2D eigenvalue weighted by Crippen LogP contribution is 2.31. The number of rotatable bonds is 4. The first-order valence-corrected chi connectivity index (χ1v) is 6.26. The monoisotopic (exact) mass is 243 g/mol. The summed E-state index contributed by atoms with van der Waals surface area (Å²) in [5.74, 6) is 2.11. The Bertz CT molecular complexity index is 535. The molecule has 18 heavy (non-hydrogen) atoms. The Morgan fingerprint density at radius 3 is 3.17 bits per heavy atom. The fourth-order valence-corrected chi connectivity index (χ4v) is 2.33. The molecule has 1 aromatic heterocycles. The third kappa shape index (κ3) is 2.11. The minimum absolute atomic E-state index is 0.307. The van der Waals surface area contributed by atoms with Crippen molar-refractivity contribution < 1.29 is 4.74 Å². The number of ether oxygens (including phenoxy) is 1. The van der Waals surface area contributed by atoms with E-state index in [9.17, 15) is 0 Å². The van der Waals surface area contributed by atoms with E-state index in [1.54, 1.807) is 0 Å². The number of hydrogen-bond acceptors (Lipinski definition) is 3. The zero-order chi connectivity index (χ0) is 12.4. The molecule has 3 rings (SSSR count). The Morgan fingerprint density at radius 1 is 1.44 bits per heavy atom. The molecule has 0 bridgehead atoms. The molecule has 1 aliphatic rings. The lowest BCUT2D eigenvalue weighted by Gasteiger charge is -2.11. The van der Waals surface area contributed by atoms with Crippen LogP contribution in [-0.4, -0.2) is 22.7 Å². The summed E-state index contributed by atoms with van der Waals surface area (Å²) >= 11 is 0. The van der Waals surface area contributed by atoms with Crippen LogP contribution in [0.2, 0.25) is 0 Å². The van der Waals surface area contributed by atoms with Crippen molar-refractivity contribution in [2.75, 3.05) is 13.2 Å². The van der Waals surface area contributed by atoms with Gasteiger partial charge in [-0.2, -0.15) is 0 Å². The summed E-state index contributed by atoms with van der Waals surface area (Å²) in [5.41, 5.74) is 1.26. The van der Waals surface area contributed by atoms with Crippen LogP contribution in [0, 0.1) is 0 Å². The van der Waals surface area contributed by atoms with E-state index in [0.717, 1.165) is 31.1 Å². The molecule has 1 unspecified atom stereocenters. The molecule has 1 aliphatic heterocycles. The lowest BCUT2D eigenvalue weighted by atomic mass is 10.1. The Kier molecular flexibility index (Phi) is 3.02. The van der Waals surface area contributed by atoms with Crippen LogP contribution in [0.5, 0.6) is 5.75 Å². The van der Waals surface area contributed by atoms with E-state index in [1.165, 1.54) is 5.56 Å². The lowest BCUT2D eigenvalue weighted by Crippen LogP contribution is -2.25. The molecule has 1 atom stereocenters. The van der Waals surface area contributed by atoms with E-state index in [2.05, 4.69) is 27.0 Å². The van der Waals surface area contributed by atoms with Gasteiger partial charge in [0, 0.05) is 38.0 Å². The number of benzene rings is 1. The Hall–Kier alpha value is -1.81. The first-order valence-electron chi connectivity index (χ1n) is 6.26. The zero-order valence-corrected chi connectivity index (χ0v) is 10.5. The van der Waals surface area contributed by atoms with Gasteiger partial charge in [0.25, 0.3) is 0 Å². The molecule has 0 saturated carbocycles. The molecule has 1 N–H and O–H groups in total. The van der Waals surface area contributed by atoms with Gasteiger partial charge in [0.15, 0.2) is 0 Å². The number of fused-ring (bicyclic) bond motifs is 1. The number of aromatic nitrogens is 2. The number of aryl methyl sites for hydroxylation is 1. The molecule has 0 radical (unpaired) electrons. The highest BCUT2D eigenvalue weighted by atomic mass is 16.5. The fraction of sp³-hybridized carbons (Fsp3) is 0.357. The van der Waals surface area contributed by atoms with Gasteiger partial charge in [-0.15, -0.1) is 0 Å². The van der Waals surface area contributed by atoms with Crippen molar-refractivity contribution in [3.8, 4) is 5.75 Å². The first-order chi connectivity index (χ1) is 8.84. The standard InChI is InChI=1S/C14H17N3O/c1-17-9-8-16-14(17)6-7-15-12-10-18-13-5-3-2-4-11(12)13/h2-5,8-9,12,15H,6-7,10H2,1H3. The third-order valence-electron chi connectivity index (χ3n) is 3.36. The smallest absolute Gasteiger partial charge is 0.124 e. The molecular weight excluding hydrogens is 226 g/mol. The summed E-state index contributed by atoms with van der Waals surface area (Å²) in [4.78, 5) is 4.32. The molecular formula is C14H17N3O. The summed E-state index contributed by atoms with van der Waals surface area (Å²) in [6.45, 7) is 1.63. The summed E-state index contributed by atoms with van der Waals surface area (Å²) < 4.78 is 7.70. The lowest BCUT2D eigenvalue weighted by molar-refractivity contribution is 0.311. The number of nitrogens with zero attached hydrogens (tertiary/aromatic N) is 2. The van der Waals surface area contributed by atoms with Crippen LogP contribution in [0.25, 0.3) is 0 Å². The normalized spacial score (nSPS) is 17.5. The van der Waals surface area contributed by atoms with Crippen molar-refractivity contribution >= 4 is 0 Å². The van der Waals surface area contributed by atoms with E-state index in [-0.39, 0.29) is 0 Å². The SMILES string of the molecule is Cn1ccnc1CCNC1COc2ccccc21. The van der Waals surface area contributed by atoms with Gasteiger partial charge in [-0.25, -0.2) is 4.98 Å². The molecule has 1 aromatic carbocycles. The summed E-state index contributed by atoms with van der Waals surface area (Å²) in [6.07, 6.45) is 4.74. The van der Waals surface area contributed by atoms with Crippen LogP contribution in [-0.2, 0) is 13.5 Å². The van der Waals surface area contributed by atoms with Gasteiger partial charge in [-0.1, -0.05) is 18.2 Å². The molecule has 0 fully saturated rings. The van der Waals surface area contributed by atoms with Crippen LogP contribution >= 0.6 is 0 Å². The first kappa shape index (κ1) is 11.3. The highest BCUT2D eigenvalue weighted by Gasteiger charge is 2.22. The summed E-state index contributed by atoms with van der Waals surface area (Å²) in [5, 5.41) is 3.52. The van der Waals surface area contributed by atoms with Crippen molar-refractivity contribution in [3.63, 3.8) is 0 Å². The third-order valence-corrected chi connectivity index (χ3v) is 3.36. The van der Waals surface area contributed by atoms with Gasteiger partial charge in [0.1, 0.15) is 18.2 Å². The molecule has 2 heterocycles. The molecule has 0 amide bonds. The average Bonchev–Trinajstić information content (AvgIpc) is 2.97. The number of nitrogens with one attached hydrogen (secondary N) is 1. The molecule has 2 aromatic rings. The van der Waals surface area contributed by atoms with Gasteiger partial charge in [0.2, 0.25) is 0 Å². The predicted octanol–water partition coefficient (Wildman–Crippen LogP) is 1.69. The van der Waals surface area contributed by atoms with E-state index in [0.29, 0.717) is 6.04 Å². The Balaban J connectivity index is 1.58. The summed E-state index contributed by atoms with van der Waals surface area (Å²) in [7, 11) is 2.02. The van der Waals surface area contributed by atoms with Gasteiger partial charge < -0.3 is 14.6 Å². The molecule has 4 heteroatoms. The van der Waals surface area contributed by atoms with Crippen LogP contribution in [0.15, 0.2) is 36.7 Å². The maximum Gasteiger partial charge on any atom is 0.124 e. The van der Waals surface area contributed by atoms with Gasteiger partial charge in [-0.3, -0.25) is 0 Å². The minimum atomic E-state index is 0.307. The molecule has 0 spiro atoms. The van der Waals surface area contributed by atoms with Crippen LogP contribution in [0.1, 0.15) is 17.4 Å². The van der Waals surface area contributed by atoms with Crippen LogP contribution in [0.4, 0.5) is 0 Å². The predicted molar refractivity (Wildman–Crippen MR) is 69.6 cm³/mol. The van der Waals surface area contributed by atoms with Crippen molar-refractivity contribution in [2.45, 2.75) is 12.5 Å². The van der Waals surface area contributed by atoms with Crippen molar-refractivity contribution in [1.82, 2.24) is 14.9 Å². The van der Waals surface area contributed by atoms with Crippen molar-refractivity contribution in [3.05, 3.63) is 48.0 Å². The number of imidazole rings is 1. The zero-order valence-electron chi connectivity index (χ0n) is 10.5. The van der Waals surface area contributed by atoms with E-state index in [4.69, 9.17) is 4.74 Å². The van der Waals surface area contributed by atoms with Gasteiger partial charge in [-0.05, 0) is 6.07 Å². The molecule has 94 valence electrons. The number of para-hydroxylation sites is 1. The van der Waals surface area contributed by atoms with E-state index < -0.39 is 0 Å². The fourth-order valence-electron chi connectivity index (χ4n) is 2.33. The summed E-state index contributed by atoms with van der Waals surface area (Å²) in [6, 6.07) is 8.52. The maximum atomic E-state index is 5.64. The van der Waals surface area contributed by atoms with Gasteiger partial charge >= 0.3 is 0 Å². The average molecular weight is 243 g/mol. The second-order valence-corrected chi connectivity index (χ2v) is 4.56. The quantitative estimate of drug-likeness (QED) is 0.888. The van der Waals surface area contributed by atoms with Crippen LogP contribution < -0.4 is 10.1 Å². The number of hydrogen-bond donors (Lipinski definition) is 1. The second-order valence-electron chi connectivity index (χ2n) is 4.56. The molecule has 0 saturated heterocycles.